The minimum absolute atomic E-state index is 0.147. The highest BCUT2D eigenvalue weighted by molar-refractivity contribution is 6.05. The maximum absolute atomic E-state index is 12.9. The van der Waals surface area contributed by atoms with Crippen molar-refractivity contribution >= 4 is 22.6 Å². The van der Waals surface area contributed by atoms with Crippen molar-refractivity contribution in [3.05, 3.63) is 57.3 Å². The summed E-state index contributed by atoms with van der Waals surface area (Å²) in [6.07, 6.45) is 0. The molecule has 0 aliphatic heterocycles. The summed E-state index contributed by atoms with van der Waals surface area (Å²) in [4.78, 5) is 33.5. The number of carbonyl (C=O) groups is 1. The van der Waals surface area contributed by atoms with Crippen molar-refractivity contribution in [3.63, 3.8) is 0 Å². The molecule has 148 valence electrons. The van der Waals surface area contributed by atoms with Gasteiger partial charge in [0.2, 0.25) is 0 Å². The van der Waals surface area contributed by atoms with E-state index in [2.05, 4.69) is 29.1 Å². The van der Waals surface area contributed by atoms with E-state index in [-0.39, 0.29) is 17.0 Å². The fourth-order valence-corrected chi connectivity index (χ4v) is 3.24. The van der Waals surface area contributed by atoms with Crippen molar-refractivity contribution in [1.82, 2.24) is 14.5 Å². The van der Waals surface area contributed by atoms with Crippen LogP contribution in [-0.2, 0) is 11.3 Å². The molecule has 1 aromatic carbocycles. The molecule has 7 nitrogen and oxygen atoms in total. The summed E-state index contributed by atoms with van der Waals surface area (Å²) in [5.74, 6) is 0.761. The highest BCUT2D eigenvalue weighted by Gasteiger charge is 2.18. The molecular weight excluding hydrogens is 356 g/mol. The number of hydrogen-bond acceptors (Lipinski definition) is 4. The lowest BCUT2D eigenvalue weighted by Crippen LogP contribution is -2.32. The molecule has 3 rings (SSSR count). The molecular formula is C21H26N4O3. The van der Waals surface area contributed by atoms with Gasteiger partial charge >= 0.3 is 0 Å². The van der Waals surface area contributed by atoms with Gasteiger partial charge < -0.3 is 19.6 Å². The Morgan fingerprint density at radius 3 is 2.71 bits per heavy atom. The first-order chi connectivity index (χ1) is 13.3. The third-order valence-electron chi connectivity index (χ3n) is 4.76. The number of H-pyrrole nitrogens is 1. The van der Waals surface area contributed by atoms with Crippen LogP contribution in [0.4, 0.5) is 5.69 Å². The molecule has 2 N–H and O–H groups in total. The van der Waals surface area contributed by atoms with Gasteiger partial charge in [-0.3, -0.25) is 9.59 Å². The van der Waals surface area contributed by atoms with Crippen LogP contribution in [0, 0.1) is 13.8 Å². The van der Waals surface area contributed by atoms with Gasteiger partial charge in [0.05, 0.1) is 17.6 Å². The summed E-state index contributed by atoms with van der Waals surface area (Å²) in [7, 11) is 1.58. The summed E-state index contributed by atoms with van der Waals surface area (Å²) >= 11 is 0. The third kappa shape index (κ3) is 3.84. The first-order valence-electron chi connectivity index (χ1n) is 9.32. The summed E-state index contributed by atoms with van der Waals surface area (Å²) in [5.41, 5.74) is 3.59. The average molecular weight is 382 g/mol. The summed E-state index contributed by atoms with van der Waals surface area (Å²) in [5, 5.41) is 2.84. The quantitative estimate of drug-likeness (QED) is 0.684. The predicted molar refractivity (Wildman–Crippen MR) is 110 cm³/mol. The molecule has 0 aliphatic rings. The zero-order valence-electron chi connectivity index (χ0n) is 16.9. The average Bonchev–Trinajstić information content (AvgIpc) is 3.05. The molecule has 2 aromatic heterocycles. The summed E-state index contributed by atoms with van der Waals surface area (Å²) < 4.78 is 6.64. The Hall–Kier alpha value is -2.93. The van der Waals surface area contributed by atoms with Crippen LogP contribution in [0.15, 0.2) is 29.1 Å². The largest absolute Gasteiger partial charge is 0.383 e. The number of benzene rings is 1. The Kier molecular flexibility index (Phi) is 5.65. The molecule has 0 saturated carbocycles. The maximum atomic E-state index is 12.9. The number of nitrogens with one attached hydrogen (secondary N) is 2. The molecule has 0 spiro atoms. The number of amides is 1. The highest BCUT2D eigenvalue weighted by atomic mass is 16.5. The number of pyridine rings is 1. The number of fused-ring (bicyclic) bond motifs is 1. The lowest BCUT2D eigenvalue weighted by molar-refractivity contribution is 0.102. The molecule has 3 aromatic rings. The number of anilines is 1. The minimum Gasteiger partial charge on any atom is -0.383 e. The molecule has 7 heteroatoms. The lowest BCUT2D eigenvalue weighted by atomic mass is 10.1. The van der Waals surface area contributed by atoms with E-state index in [0.29, 0.717) is 24.4 Å². The van der Waals surface area contributed by atoms with Crippen LogP contribution < -0.4 is 10.9 Å². The normalized spacial score (nSPS) is 11.4. The Morgan fingerprint density at radius 2 is 2.04 bits per heavy atom. The summed E-state index contributed by atoms with van der Waals surface area (Å²) in [6.45, 7) is 8.56. The SMILES string of the molecule is COCCn1c(C)cc(C)c(C(=O)Nc2ccc3nc(C(C)C)[nH]c3c2)c1=O. The fraction of sp³-hybridized carbons (Fsp3) is 0.381. The number of aromatic amines is 1. The van der Waals surface area contributed by atoms with Gasteiger partial charge in [-0.1, -0.05) is 13.8 Å². The molecule has 0 bridgehead atoms. The van der Waals surface area contributed by atoms with Crippen molar-refractivity contribution in [2.24, 2.45) is 0 Å². The number of imidazole rings is 1. The molecule has 0 atom stereocenters. The molecule has 0 unspecified atom stereocenters. The Labute approximate surface area is 163 Å². The van der Waals surface area contributed by atoms with E-state index in [4.69, 9.17) is 4.74 Å². The van der Waals surface area contributed by atoms with Crippen LogP contribution in [0.25, 0.3) is 11.0 Å². The van der Waals surface area contributed by atoms with Crippen molar-refractivity contribution in [1.29, 1.82) is 0 Å². The third-order valence-corrected chi connectivity index (χ3v) is 4.76. The van der Waals surface area contributed by atoms with Gasteiger partial charge in [0.15, 0.2) is 0 Å². The van der Waals surface area contributed by atoms with E-state index in [1.165, 1.54) is 0 Å². The van der Waals surface area contributed by atoms with E-state index in [1.54, 1.807) is 24.7 Å². The minimum atomic E-state index is -0.420. The van der Waals surface area contributed by atoms with E-state index >= 15 is 0 Å². The zero-order chi connectivity index (χ0) is 20.4. The van der Waals surface area contributed by atoms with Crippen LogP contribution >= 0.6 is 0 Å². The van der Waals surface area contributed by atoms with Gasteiger partial charge in [0.25, 0.3) is 11.5 Å². The monoisotopic (exact) mass is 382 g/mol. The molecule has 0 saturated heterocycles. The number of carbonyl (C=O) groups excluding carboxylic acids is 1. The fourth-order valence-electron chi connectivity index (χ4n) is 3.24. The first kappa shape index (κ1) is 19.8. The second kappa shape index (κ2) is 7.98. The van der Waals surface area contributed by atoms with Crippen LogP contribution in [0.5, 0.6) is 0 Å². The number of rotatable bonds is 6. The van der Waals surface area contributed by atoms with E-state index in [9.17, 15) is 9.59 Å². The number of aromatic nitrogens is 3. The number of nitrogens with zero attached hydrogens (tertiary/aromatic N) is 2. The van der Waals surface area contributed by atoms with Crippen LogP contribution in [-0.4, -0.2) is 34.2 Å². The number of hydrogen-bond donors (Lipinski definition) is 2. The first-order valence-corrected chi connectivity index (χ1v) is 9.32. The van der Waals surface area contributed by atoms with E-state index in [0.717, 1.165) is 22.6 Å². The lowest BCUT2D eigenvalue weighted by Gasteiger charge is -2.14. The van der Waals surface area contributed by atoms with Crippen LogP contribution in [0.1, 0.15) is 47.2 Å². The van der Waals surface area contributed by atoms with Crippen molar-refractivity contribution in [2.75, 3.05) is 19.0 Å². The molecule has 0 aliphatic carbocycles. The Balaban J connectivity index is 1.92. The second-order valence-corrected chi connectivity index (χ2v) is 7.26. The molecule has 0 fully saturated rings. The zero-order valence-corrected chi connectivity index (χ0v) is 16.9. The van der Waals surface area contributed by atoms with Crippen molar-refractivity contribution in [2.45, 2.75) is 40.2 Å². The van der Waals surface area contributed by atoms with Crippen molar-refractivity contribution in [3.8, 4) is 0 Å². The maximum Gasteiger partial charge on any atom is 0.263 e. The van der Waals surface area contributed by atoms with Gasteiger partial charge in [0, 0.05) is 31.0 Å². The van der Waals surface area contributed by atoms with E-state index < -0.39 is 5.91 Å². The number of ether oxygens (including phenoxy) is 1. The molecule has 0 radical (unpaired) electrons. The summed E-state index contributed by atoms with van der Waals surface area (Å²) in [6, 6.07) is 7.32. The van der Waals surface area contributed by atoms with Gasteiger partial charge in [-0.25, -0.2) is 4.98 Å². The van der Waals surface area contributed by atoms with Gasteiger partial charge in [0.1, 0.15) is 11.4 Å². The van der Waals surface area contributed by atoms with E-state index in [1.807, 2.05) is 25.1 Å². The standard InChI is InChI=1S/C21H26N4O3/c1-12(2)19-23-16-7-6-15(11-17(16)24-19)22-20(26)18-13(3)10-14(4)25(21(18)27)8-9-28-5/h6-7,10-12H,8-9H2,1-5H3,(H,22,26)(H,23,24). The molecule has 1 amide bonds. The van der Waals surface area contributed by atoms with Crippen molar-refractivity contribution < 1.29 is 9.53 Å². The van der Waals surface area contributed by atoms with Crippen LogP contribution in [0.2, 0.25) is 0 Å². The van der Waals surface area contributed by atoms with Gasteiger partial charge in [-0.05, 0) is 43.7 Å². The van der Waals surface area contributed by atoms with Crippen LogP contribution in [0.3, 0.4) is 0 Å². The number of methoxy groups -OCH3 is 1. The molecule has 2 heterocycles. The topological polar surface area (TPSA) is 89.0 Å². The van der Waals surface area contributed by atoms with Gasteiger partial charge in [-0.2, -0.15) is 0 Å². The number of aryl methyl sites for hydroxylation is 2. The Morgan fingerprint density at radius 1 is 1.29 bits per heavy atom. The second-order valence-electron chi connectivity index (χ2n) is 7.26. The highest BCUT2D eigenvalue weighted by Crippen LogP contribution is 2.21. The molecule has 28 heavy (non-hydrogen) atoms. The Bertz CT molecular complexity index is 1080. The van der Waals surface area contributed by atoms with Gasteiger partial charge in [-0.15, -0.1) is 0 Å². The smallest absolute Gasteiger partial charge is 0.263 e. The predicted octanol–water partition coefficient (Wildman–Crippen LogP) is 3.36.